The molecule has 18 heavy (non-hydrogen) atoms. The molecule has 0 aliphatic heterocycles. The molecule has 0 unspecified atom stereocenters. The molecule has 0 fully saturated rings. The molecule has 0 aromatic heterocycles. The third kappa shape index (κ3) is 4.28. The summed E-state index contributed by atoms with van der Waals surface area (Å²) >= 11 is 0. The monoisotopic (exact) mass is 251 g/mol. The van der Waals surface area contributed by atoms with Gasteiger partial charge in [-0.15, -0.1) is 0 Å². The highest BCUT2D eigenvalue weighted by Crippen LogP contribution is 2.21. The fourth-order valence-corrected chi connectivity index (χ4v) is 1.52. The standard InChI is InChI=1S/C14H21NO3/c1-9-8-11(6-7-12(9)16)10(2)15-13(17)18-14(3,4)5/h6-8,10,16H,1-5H3,(H,15,17)/t10-/m0/s1. The van der Waals surface area contributed by atoms with Crippen LogP contribution in [0.25, 0.3) is 0 Å². The van der Waals surface area contributed by atoms with Crippen LogP contribution in [0.5, 0.6) is 5.75 Å². The zero-order chi connectivity index (χ0) is 13.9. The van der Waals surface area contributed by atoms with E-state index >= 15 is 0 Å². The topological polar surface area (TPSA) is 58.6 Å². The number of hydrogen-bond donors (Lipinski definition) is 2. The number of aryl methyl sites for hydroxylation is 1. The minimum absolute atomic E-state index is 0.167. The Hall–Kier alpha value is -1.71. The number of aromatic hydroxyl groups is 1. The Balaban J connectivity index is 2.68. The summed E-state index contributed by atoms with van der Waals surface area (Å²) in [7, 11) is 0. The van der Waals surface area contributed by atoms with Crippen molar-refractivity contribution in [2.45, 2.75) is 46.3 Å². The number of benzene rings is 1. The second-order valence-corrected chi connectivity index (χ2v) is 5.41. The summed E-state index contributed by atoms with van der Waals surface area (Å²) in [6.07, 6.45) is -0.444. The lowest BCUT2D eigenvalue weighted by Crippen LogP contribution is -2.34. The van der Waals surface area contributed by atoms with Gasteiger partial charge in [0.1, 0.15) is 11.4 Å². The van der Waals surface area contributed by atoms with Crippen LogP contribution in [-0.2, 0) is 4.74 Å². The molecule has 0 heterocycles. The smallest absolute Gasteiger partial charge is 0.408 e. The number of hydrogen-bond acceptors (Lipinski definition) is 3. The molecule has 0 aliphatic carbocycles. The first-order valence-corrected chi connectivity index (χ1v) is 5.98. The van der Waals surface area contributed by atoms with Crippen LogP contribution in [-0.4, -0.2) is 16.8 Å². The van der Waals surface area contributed by atoms with Gasteiger partial charge in [-0.25, -0.2) is 4.79 Å². The highest BCUT2D eigenvalue weighted by molar-refractivity contribution is 5.68. The van der Waals surface area contributed by atoms with Crippen molar-refractivity contribution in [2.75, 3.05) is 0 Å². The lowest BCUT2D eigenvalue weighted by atomic mass is 10.1. The quantitative estimate of drug-likeness (QED) is 0.848. The predicted octanol–water partition coefficient (Wildman–Crippen LogP) is 3.29. The van der Waals surface area contributed by atoms with Gasteiger partial charge < -0.3 is 15.2 Å². The Bertz CT molecular complexity index is 435. The van der Waals surface area contributed by atoms with Crippen LogP contribution < -0.4 is 5.32 Å². The number of ether oxygens (including phenoxy) is 1. The molecule has 4 heteroatoms. The normalized spacial score (nSPS) is 12.9. The van der Waals surface area contributed by atoms with E-state index in [2.05, 4.69) is 5.32 Å². The number of phenolic OH excluding ortho intramolecular Hbond substituents is 1. The summed E-state index contributed by atoms with van der Waals surface area (Å²) < 4.78 is 5.18. The summed E-state index contributed by atoms with van der Waals surface area (Å²) in [4.78, 5) is 11.6. The zero-order valence-corrected chi connectivity index (χ0v) is 11.6. The first kappa shape index (κ1) is 14.4. The SMILES string of the molecule is Cc1cc([C@H](C)NC(=O)OC(C)(C)C)ccc1O. The van der Waals surface area contributed by atoms with Crippen molar-refractivity contribution in [3.8, 4) is 5.75 Å². The van der Waals surface area contributed by atoms with Crippen molar-refractivity contribution >= 4 is 6.09 Å². The molecular weight excluding hydrogens is 230 g/mol. The van der Waals surface area contributed by atoms with Crippen LogP contribution in [0.3, 0.4) is 0 Å². The van der Waals surface area contributed by atoms with Gasteiger partial charge in [0.05, 0.1) is 6.04 Å². The fourth-order valence-electron chi connectivity index (χ4n) is 1.52. The number of rotatable bonds is 2. The largest absolute Gasteiger partial charge is 0.508 e. The molecule has 2 N–H and O–H groups in total. The number of amides is 1. The van der Waals surface area contributed by atoms with Gasteiger partial charge in [0, 0.05) is 0 Å². The zero-order valence-electron chi connectivity index (χ0n) is 11.6. The Kier molecular flexibility index (Phi) is 4.22. The van der Waals surface area contributed by atoms with Crippen molar-refractivity contribution in [2.24, 2.45) is 0 Å². The number of carbonyl (C=O) groups excluding carboxylic acids is 1. The Labute approximate surface area is 108 Å². The molecule has 0 bridgehead atoms. The van der Waals surface area contributed by atoms with Gasteiger partial charge in [-0.1, -0.05) is 12.1 Å². The molecule has 1 aromatic rings. The van der Waals surface area contributed by atoms with E-state index in [0.717, 1.165) is 11.1 Å². The fraction of sp³-hybridized carbons (Fsp3) is 0.500. The van der Waals surface area contributed by atoms with Gasteiger partial charge >= 0.3 is 6.09 Å². The minimum atomic E-state index is -0.505. The molecule has 1 amide bonds. The van der Waals surface area contributed by atoms with Gasteiger partial charge in [-0.2, -0.15) is 0 Å². The molecule has 0 saturated heterocycles. The van der Waals surface area contributed by atoms with E-state index in [1.165, 1.54) is 0 Å². The number of phenols is 1. The third-order valence-corrected chi connectivity index (χ3v) is 2.45. The van der Waals surface area contributed by atoms with E-state index in [1.54, 1.807) is 12.1 Å². The van der Waals surface area contributed by atoms with Gasteiger partial charge in [-0.3, -0.25) is 0 Å². The van der Waals surface area contributed by atoms with Crippen LogP contribution >= 0.6 is 0 Å². The predicted molar refractivity (Wildman–Crippen MR) is 70.6 cm³/mol. The lowest BCUT2D eigenvalue weighted by Gasteiger charge is -2.22. The molecule has 0 aliphatic rings. The molecular formula is C14H21NO3. The van der Waals surface area contributed by atoms with E-state index in [0.29, 0.717) is 0 Å². The van der Waals surface area contributed by atoms with Gasteiger partial charge in [0.25, 0.3) is 0 Å². The number of nitrogens with one attached hydrogen (secondary N) is 1. The molecule has 1 aromatic carbocycles. The van der Waals surface area contributed by atoms with E-state index in [1.807, 2.05) is 40.7 Å². The average Bonchev–Trinajstić information content (AvgIpc) is 2.18. The molecule has 1 rings (SSSR count). The maximum Gasteiger partial charge on any atom is 0.408 e. The van der Waals surface area contributed by atoms with Crippen LogP contribution in [0.15, 0.2) is 18.2 Å². The summed E-state index contributed by atoms with van der Waals surface area (Å²) in [5.74, 6) is 0.253. The van der Waals surface area contributed by atoms with E-state index in [9.17, 15) is 9.90 Å². The highest BCUT2D eigenvalue weighted by atomic mass is 16.6. The van der Waals surface area contributed by atoms with Gasteiger partial charge in [0.2, 0.25) is 0 Å². The minimum Gasteiger partial charge on any atom is -0.508 e. The van der Waals surface area contributed by atoms with Crippen LogP contribution in [0, 0.1) is 6.92 Å². The van der Waals surface area contributed by atoms with Crippen LogP contribution in [0.4, 0.5) is 4.79 Å². The van der Waals surface area contributed by atoms with Crippen LogP contribution in [0.2, 0.25) is 0 Å². The van der Waals surface area contributed by atoms with E-state index in [4.69, 9.17) is 4.74 Å². The lowest BCUT2D eigenvalue weighted by molar-refractivity contribution is 0.0508. The Morgan fingerprint density at radius 2 is 2.00 bits per heavy atom. The van der Waals surface area contributed by atoms with Crippen molar-refractivity contribution in [3.63, 3.8) is 0 Å². The third-order valence-electron chi connectivity index (χ3n) is 2.45. The molecule has 0 spiro atoms. The molecule has 4 nitrogen and oxygen atoms in total. The number of carbonyl (C=O) groups is 1. The molecule has 1 atom stereocenters. The molecule has 100 valence electrons. The van der Waals surface area contributed by atoms with Crippen molar-refractivity contribution in [1.82, 2.24) is 5.32 Å². The van der Waals surface area contributed by atoms with Crippen molar-refractivity contribution < 1.29 is 14.6 Å². The summed E-state index contributed by atoms with van der Waals surface area (Å²) in [6, 6.07) is 5.08. The highest BCUT2D eigenvalue weighted by Gasteiger charge is 2.18. The van der Waals surface area contributed by atoms with E-state index in [-0.39, 0.29) is 11.8 Å². The first-order chi connectivity index (χ1) is 8.19. The summed E-state index contributed by atoms with van der Waals surface area (Å²) in [5, 5.41) is 12.2. The molecule has 0 saturated carbocycles. The summed E-state index contributed by atoms with van der Waals surface area (Å²) in [6.45, 7) is 9.15. The van der Waals surface area contributed by atoms with Crippen molar-refractivity contribution in [1.29, 1.82) is 0 Å². The van der Waals surface area contributed by atoms with Crippen molar-refractivity contribution in [3.05, 3.63) is 29.3 Å². The first-order valence-electron chi connectivity index (χ1n) is 5.98. The van der Waals surface area contributed by atoms with Crippen LogP contribution in [0.1, 0.15) is 44.9 Å². The molecule has 0 radical (unpaired) electrons. The number of alkyl carbamates (subject to hydrolysis) is 1. The Morgan fingerprint density at radius 1 is 1.39 bits per heavy atom. The maximum absolute atomic E-state index is 11.6. The van der Waals surface area contributed by atoms with E-state index < -0.39 is 11.7 Å². The second-order valence-electron chi connectivity index (χ2n) is 5.41. The summed E-state index contributed by atoms with van der Waals surface area (Å²) in [5.41, 5.74) is 1.20. The van der Waals surface area contributed by atoms with Gasteiger partial charge in [-0.05, 0) is 51.8 Å². The Morgan fingerprint density at radius 3 is 2.50 bits per heavy atom. The maximum atomic E-state index is 11.6. The van der Waals surface area contributed by atoms with Gasteiger partial charge in [0.15, 0.2) is 0 Å². The second kappa shape index (κ2) is 5.29. The average molecular weight is 251 g/mol.